The first-order chi connectivity index (χ1) is 16.9. The van der Waals surface area contributed by atoms with Gasteiger partial charge in [0.1, 0.15) is 0 Å². The highest BCUT2D eigenvalue weighted by atomic mass is 32.2. The molecular weight excluding hydrogens is 460 g/mol. The second kappa shape index (κ2) is 9.85. The Kier molecular flexibility index (Phi) is 6.81. The number of aryl methyl sites for hydroxylation is 2. The molecule has 0 N–H and O–H groups in total. The summed E-state index contributed by atoms with van der Waals surface area (Å²) in [5.74, 6) is 0.209. The van der Waals surface area contributed by atoms with Crippen LogP contribution in [0.1, 0.15) is 29.9 Å². The summed E-state index contributed by atoms with van der Waals surface area (Å²) in [6.07, 6.45) is 4.93. The molecule has 2 fully saturated rings. The maximum atomic E-state index is 13.4. The van der Waals surface area contributed by atoms with E-state index in [9.17, 15) is 8.42 Å². The van der Waals surface area contributed by atoms with E-state index in [-0.39, 0.29) is 23.0 Å². The molecule has 1 aromatic heterocycles. The van der Waals surface area contributed by atoms with Crippen molar-refractivity contribution in [3.05, 3.63) is 72.2 Å². The van der Waals surface area contributed by atoms with Crippen LogP contribution in [-0.4, -0.2) is 72.6 Å². The van der Waals surface area contributed by atoms with E-state index in [1.165, 1.54) is 22.3 Å². The number of hydrogen-bond acceptors (Lipinski definition) is 5. The molecule has 3 atom stereocenters. The van der Waals surface area contributed by atoms with Gasteiger partial charge in [0.25, 0.3) is 10.0 Å². The van der Waals surface area contributed by atoms with E-state index in [4.69, 9.17) is 4.74 Å². The summed E-state index contributed by atoms with van der Waals surface area (Å²) >= 11 is 0. The minimum atomic E-state index is -3.64. The van der Waals surface area contributed by atoms with Crippen molar-refractivity contribution in [1.82, 2.24) is 18.8 Å². The lowest BCUT2D eigenvalue weighted by Crippen LogP contribution is -2.68. The van der Waals surface area contributed by atoms with E-state index in [2.05, 4.69) is 65.3 Å². The molecule has 186 valence electrons. The molecule has 2 aromatic carbocycles. The van der Waals surface area contributed by atoms with Gasteiger partial charge in [0, 0.05) is 51.4 Å². The number of hydrogen-bond donors (Lipinski definition) is 0. The second-order valence-electron chi connectivity index (χ2n) is 9.74. The molecule has 0 bridgehead atoms. The summed E-state index contributed by atoms with van der Waals surface area (Å²) in [7, 11) is -0.108. The van der Waals surface area contributed by atoms with Gasteiger partial charge in [-0.15, -0.1) is 0 Å². The van der Waals surface area contributed by atoms with E-state index < -0.39 is 10.0 Å². The van der Waals surface area contributed by atoms with Gasteiger partial charge in [-0.25, -0.2) is 13.4 Å². The third kappa shape index (κ3) is 4.56. The van der Waals surface area contributed by atoms with Crippen LogP contribution in [0.5, 0.6) is 0 Å². The number of sulfonamides is 1. The maximum Gasteiger partial charge on any atom is 0.262 e. The molecule has 3 heterocycles. The first kappa shape index (κ1) is 24.2. The van der Waals surface area contributed by atoms with Gasteiger partial charge in [-0.2, -0.15) is 4.31 Å². The summed E-state index contributed by atoms with van der Waals surface area (Å²) in [5.41, 5.74) is 4.92. The van der Waals surface area contributed by atoms with E-state index in [1.807, 2.05) is 0 Å². The summed E-state index contributed by atoms with van der Waals surface area (Å²) < 4.78 is 35.8. The molecule has 0 spiro atoms. The van der Waals surface area contributed by atoms with Crippen molar-refractivity contribution in [3.63, 3.8) is 0 Å². The van der Waals surface area contributed by atoms with Crippen molar-refractivity contribution in [2.45, 2.75) is 42.8 Å². The molecule has 2 aliphatic heterocycles. The fourth-order valence-electron chi connectivity index (χ4n) is 5.71. The van der Waals surface area contributed by atoms with Crippen molar-refractivity contribution in [2.24, 2.45) is 7.05 Å². The van der Waals surface area contributed by atoms with Gasteiger partial charge < -0.3 is 9.30 Å². The molecule has 8 heteroatoms. The van der Waals surface area contributed by atoms with Crippen LogP contribution in [0.4, 0.5) is 0 Å². The predicted octanol–water partition coefficient (Wildman–Crippen LogP) is 3.66. The van der Waals surface area contributed by atoms with Crippen molar-refractivity contribution in [2.75, 3.05) is 33.4 Å². The zero-order valence-corrected chi connectivity index (χ0v) is 21.5. The van der Waals surface area contributed by atoms with Crippen LogP contribution >= 0.6 is 0 Å². The summed E-state index contributed by atoms with van der Waals surface area (Å²) in [6, 6.07) is 17.6. The largest absolute Gasteiger partial charge is 0.383 e. The van der Waals surface area contributed by atoms with Gasteiger partial charge in [0.15, 0.2) is 5.03 Å². The zero-order valence-electron chi connectivity index (χ0n) is 20.7. The molecule has 3 aromatic rings. The van der Waals surface area contributed by atoms with Crippen molar-refractivity contribution >= 4 is 10.0 Å². The lowest BCUT2D eigenvalue weighted by atomic mass is 9.74. The molecule has 5 rings (SSSR count). The molecule has 2 aliphatic rings. The van der Waals surface area contributed by atoms with Gasteiger partial charge in [-0.1, -0.05) is 48.5 Å². The fraction of sp³-hybridized carbons (Fsp3) is 0.444. The first-order valence-corrected chi connectivity index (χ1v) is 13.7. The number of nitrogens with zero attached hydrogens (tertiary/aromatic N) is 4. The molecule has 0 aliphatic carbocycles. The van der Waals surface area contributed by atoms with E-state index in [1.54, 1.807) is 35.6 Å². The number of aromatic nitrogens is 2. The van der Waals surface area contributed by atoms with Crippen LogP contribution in [0.2, 0.25) is 0 Å². The minimum absolute atomic E-state index is 0.109. The van der Waals surface area contributed by atoms with Crippen molar-refractivity contribution < 1.29 is 13.2 Å². The normalized spacial score (nSPS) is 23.8. The lowest BCUT2D eigenvalue weighted by Gasteiger charge is -2.57. The van der Waals surface area contributed by atoms with Gasteiger partial charge in [0.2, 0.25) is 0 Å². The van der Waals surface area contributed by atoms with Gasteiger partial charge >= 0.3 is 0 Å². The van der Waals surface area contributed by atoms with Crippen molar-refractivity contribution in [1.29, 1.82) is 0 Å². The highest BCUT2D eigenvalue weighted by molar-refractivity contribution is 7.89. The number of imidazole rings is 1. The van der Waals surface area contributed by atoms with Gasteiger partial charge in [-0.3, -0.25) is 4.90 Å². The highest BCUT2D eigenvalue weighted by Crippen LogP contribution is 2.43. The van der Waals surface area contributed by atoms with E-state index in [0.717, 1.165) is 19.4 Å². The van der Waals surface area contributed by atoms with E-state index in [0.29, 0.717) is 19.7 Å². The number of benzene rings is 2. The first-order valence-electron chi connectivity index (χ1n) is 12.3. The number of ether oxygens (including phenoxy) is 1. The molecule has 7 nitrogen and oxygen atoms in total. The summed E-state index contributed by atoms with van der Waals surface area (Å²) in [6.45, 7) is 4.72. The van der Waals surface area contributed by atoms with Crippen LogP contribution in [-0.2, 0) is 21.8 Å². The second-order valence-corrected chi connectivity index (χ2v) is 11.6. The van der Waals surface area contributed by atoms with Gasteiger partial charge in [0.05, 0.1) is 12.9 Å². The minimum Gasteiger partial charge on any atom is -0.383 e. The third-order valence-corrected chi connectivity index (χ3v) is 9.27. The Morgan fingerprint density at radius 1 is 1.06 bits per heavy atom. The monoisotopic (exact) mass is 494 g/mol. The molecule has 0 unspecified atom stereocenters. The predicted molar refractivity (Wildman–Crippen MR) is 137 cm³/mol. The maximum absolute atomic E-state index is 13.4. The Morgan fingerprint density at radius 3 is 2.49 bits per heavy atom. The Hall–Kier alpha value is -2.52. The zero-order chi connectivity index (χ0) is 24.6. The standard InChI is InChI=1S/C27H34N4O3S/c1-20-8-4-5-9-23(20)21-10-12-22(13-11-21)27-24-16-30(35(32,33)26-17-29(2)19-28-26)14-6-7-15-31(24)25(27)18-34-3/h4-5,8-13,17,19,24-25,27H,6-7,14-16,18H2,1-3H3/t24-,25+,27-/m1/s1. The van der Waals surface area contributed by atoms with Crippen LogP contribution in [0.3, 0.4) is 0 Å². The lowest BCUT2D eigenvalue weighted by molar-refractivity contribution is -0.0635. The Morgan fingerprint density at radius 2 is 1.80 bits per heavy atom. The quantitative estimate of drug-likeness (QED) is 0.523. The van der Waals surface area contributed by atoms with Crippen LogP contribution in [0.15, 0.2) is 66.1 Å². The SMILES string of the molecule is COC[C@H]1[C@H](c2ccc(-c3ccccc3C)cc2)[C@H]2CN(S(=O)(=O)c3cn(C)cn3)CCCCN21. The topological polar surface area (TPSA) is 67.7 Å². The average molecular weight is 495 g/mol. The molecule has 35 heavy (non-hydrogen) atoms. The smallest absolute Gasteiger partial charge is 0.262 e. The highest BCUT2D eigenvalue weighted by Gasteiger charge is 2.50. The van der Waals surface area contributed by atoms with Gasteiger partial charge in [-0.05, 0) is 48.6 Å². The molecular formula is C27H34N4O3S. The number of fused-ring (bicyclic) bond motifs is 1. The van der Waals surface area contributed by atoms with Crippen molar-refractivity contribution in [3.8, 4) is 11.1 Å². The molecule has 2 saturated heterocycles. The molecule has 0 saturated carbocycles. The van der Waals surface area contributed by atoms with E-state index >= 15 is 0 Å². The Labute approximate surface area is 208 Å². The number of methoxy groups -OCH3 is 1. The van der Waals surface area contributed by atoms with Crippen LogP contribution in [0.25, 0.3) is 11.1 Å². The van der Waals surface area contributed by atoms with Crippen LogP contribution in [0, 0.1) is 6.92 Å². The summed E-state index contributed by atoms with van der Waals surface area (Å²) in [4.78, 5) is 6.59. The fourth-order valence-corrected chi connectivity index (χ4v) is 7.18. The summed E-state index contributed by atoms with van der Waals surface area (Å²) in [5, 5.41) is 0.124. The van der Waals surface area contributed by atoms with Crippen LogP contribution < -0.4 is 0 Å². The number of rotatable bonds is 6. The Balaban J connectivity index is 1.44. The Bertz CT molecular complexity index is 1270. The molecule has 0 radical (unpaired) electrons. The average Bonchev–Trinajstić information content (AvgIpc) is 3.28. The third-order valence-electron chi connectivity index (χ3n) is 7.52. The molecule has 0 amide bonds.